The van der Waals surface area contributed by atoms with Crippen LogP contribution in [0.1, 0.15) is 0 Å². The number of nitrogens with zero attached hydrogens (tertiary/aromatic N) is 2. The molecular formula is C46H30N2O. The maximum Gasteiger partial charge on any atom is 0.137 e. The van der Waals surface area contributed by atoms with Crippen molar-refractivity contribution in [3.63, 3.8) is 0 Å². The highest BCUT2D eigenvalue weighted by Crippen LogP contribution is 2.43. The third-order valence-corrected chi connectivity index (χ3v) is 9.78. The van der Waals surface area contributed by atoms with Crippen LogP contribution in [-0.4, -0.2) is 4.57 Å². The molecule has 10 rings (SSSR count). The van der Waals surface area contributed by atoms with Crippen LogP contribution in [0.25, 0.3) is 71.3 Å². The molecule has 230 valence electrons. The van der Waals surface area contributed by atoms with Gasteiger partial charge in [-0.2, -0.15) is 0 Å². The fraction of sp³-hybridized carbons (Fsp3) is 0. The number of benzene rings is 8. The van der Waals surface area contributed by atoms with Crippen molar-refractivity contribution < 1.29 is 4.42 Å². The maximum absolute atomic E-state index is 6.27. The van der Waals surface area contributed by atoms with Crippen molar-refractivity contribution in [2.24, 2.45) is 0 Å². The second kappa shape index (κ2) is 11.0. The number of para-hydroxylation sites is 3. The van der Waals surface area contributed by atoms with Crippen LogP contribution in [0.5, 0.6) is 0 Å². The van der Waals surface area contributed by atoms with Crippen molar-refractivity contribution in [2.75, 3.05) is 4.90 Å². The SMILES string of the molecule is c1ccc(N(c2ccc(-c3ccc(-n4c5ccccc5c5c6ccccc6ccc54)cc3)cc2)c2cccc3oc4ccccc4c23)cc1. The molecule has 2 heterocycles. The first-order valence-corrected chi connectivity index (χ1v) is 16.7. The molecule has 0 atom stereocenters. The summed E-state index contributed by atoms with van der Waals surface area (Å²) in [7, 11) is 0. The minimum absolute atomic E-state index is 0.882. The van der Waals surface area contributed by atoms with Crippen LogP contribution >= 0.6 is 0 Å². The quantitative estimate of drug-likeness (QED) is 0.190. The van der Waals surface area contributed by atoms with Crippen molar-refractivity contribution in [3.8, 4) is 16.8 Å². The van der Waals surface area contributed by atoms with E-state index in [9.17, 15) is 0 Å². The lowest BCUT2D eigenvalue weighted by Crippen LogP contribution is -2.10. The molecule has 0 aliphatic carbocycles. The fourth-order valence-corrected chi connectivity index (χ4v) is 7.57. The molecule has 0 fully saturated rings. The molecule has 3 nitrogen and oxygen atoms in total. The molecule has 2 aromatic heterocycles. The van der Waals surface area contributed by atoms with Gasteiger partial charge >= 0.3 is 0 Å². The summed E-state index contributed by atoms with van der Waals surface area (Å²) in [6.45, 7) is 0. The van der Waals surface area contributed by atoms with E-state index < -0.39 is 0 Å². The monoisotopic (exact) mass is 626 g/mol. The summed E-state index contributed by atoms with van der Waals surface area (Å²) in [5, 5.41) is 7.35. The van der Waals surface area contributed by atoms with Crippen LogP contribution in [0.4, 0.5) is 17.1 Å². The lowest BCUT2D eigenvalue weighted by atomic mass is 10.0. The van der Waals surface area contributed by atoms with Gasteiger partial charge in [0.25, 0.3) is 0 Å². The van der Waals surface area contributed by atoms with Gasteiger partial charge in [-0.25, -0.2) is 0 Å². The van der Waals surface area contributed by atoms with Crippen LogP contribution in [0.2, 0.25) is 0 Å². The molecule has 0 amide bonds. The number of rotatable bonds is 5. The van der Waals surface area contributed by atoms with E-state index in [-0.39, 0.29) is 0 Å². The Balaban J connectivity index is 1.05. The summed E-state index contributed by atoms with van der Waals surface area (Å²) in [5.74, 6) is 0. The van der Waals surface area contributed by atoms with Crippen LogP contribution in [0.3, 0.4) is 0 Å². The Labute approximate surface area is 283 Å². The fourth-order valence-electron chi connectivity index (χ4n) is 7.57. The van der Waals surface area contributed by atoms with Crippen molar-refractivity contribution in [3.05, 3.63) is 182 Å². The average Bonchev–Trinajstić information content (AvgIpc) is 3.72. The van der Waals surface area contributed by atoms with E-state index in [4.69, 9.17) is 4.42 Å². The first kappa shape index (κ1) is 27.5. The Morgan fingerprint density at radius 2 is 1.02 bits per heavy atom. The molecule has 0 radical (unpaired) electrons. The highest BCUT2D eigenvalue weighted by atomic mass is 16.3. The zero-order valence-electron chi connectivity index (χ0n) is 26.6. The molecule has 49 heavy (non-hydrogen) atoms. The van der Waals surface area contributed by atoms with Gasteiger partial charge < -0.3 is 13.9 Å². The van der Waals surface area contributed by atoms with Crippen molar-refractivity contribution in [1.82, 2.24) is 4.57 Å². The third kappa shape index (κ3) is 4.37. The van der Waals surface area contributed by atoms with Crippen LogP contribution in [0, 0.1) is 0 Å². The summed E-state index contributed by atoms with van der Waals surface area (Å²) in [6.07, 6.45) is 0. The minimum atomic E-state index is 0.882. The minimum Gasteiger partial charge on any atom is -0.456 e. The molecule has 3 heteroatoms. The highest BCUT2D eigenvalue weighted by molar-refractivity contribution is 6.21. The molecule has 0 bridgehead atoms. The zero-order valence-corrected chi connectivity index (χ0v) is 26.6. The number of fused-ring (bicyclic) bond motifs is 8. The molecule has 10 aromatic rings. The molecule has 0 spiro atoms. The Kier molecular flexibility index (Phi) is 6.18. The van der Waals surface area contributed by atoms with E-state index in [1.54, 1.807) is 0 Å². The van der Waals surface area contributed by atoms with E-state index in [0.717, 1.165) is 44.7 Å². The smallest absolute Gasteiger partial charge is 0.137 e. The van der Waals surface area contributed by atoms with Gasteiger partial charge in [-0.1, -0.05) is 115 Å². The Morgan fingerprint density at radius 3 is 1.84 bits per heavy atom. The first-order chi connectivity index (χ1) is 24.3. The van der Waals surface area contributed by atoms with Gasteiger partial charge in [-0.05, 0) is 88.6 Å². The largest absolute Gasteiger partial charge is 0.456 e. The second-order valence-corrected chi connectivity index (χ2v) is 12.5. The number of furan rings is 1. The van der Waals surface area contributed by atoms with Gasteiger partial charge in [0.2, 0.25) is 0 Å². The summed E-state index contributed by atoms with van der Waals surface area (Å²) in [4.78, 5) is 2.32. The van der Waals surface area contributed by atoms with Crippen LogP contribution in [-0.2, 0) is 0 Å². The van der Waals surface area contributed by atoms with Gasteiger partial charge in [-0.3, -0.25) is 0 Å². The van der Waals surface area contributed by atoms with Crippen molar-refractivity contribution in [1.29, 1.82) is 0 Å². The summed E-state index contributed by atoms with van der Waals surface area (Å²) in [6, 6.07) is 64.9. The Hall–Kier alpha value is -6.58. The number of anilines is 3. The predicted octanol–water partition coefficient (Wildman–Crippen LogP) is 13.0. The number of hydrogen-bond acceptors (Lipinski definition) is 2. The average molecular weight is 627 g/mol. The zero-order chi connectivity index (χ0) is 32.3. The van der Waals surface area contributed by atoms with E-state index in [0.29, 0.717) is 0 Å². The van der Waals surface area contributed by atoms with Gasteiger partial charge in [0, 0.05) is 33.2 Å². The second-order valence-electron chi connectivity index (χ2n) is 12.5. The number of aromatic nitrogens is 1. The van der Waals surface area contributed by atoms with E-state index in [1.807, 2.05) is 12.1 Å². The van der Waals surface area contributed by atoms with Gasteiger partial charge in [0.15, 0.2) is 0 Å². The molecule has 8 aromatic carbocycles. The molecule has 0 saturated heterocycles. The predicted molar refractivity (Wildman–Crippen MR) is 206 cm³/mol. The van der Waals surface area contributed by atoms with Gasteiger partial charge in [-0.15, -0.1) is 0 Å². The Morgan fingerprint density at radius 1 is 0.388 bits per heavy atom. The topological polar surface area (TPSA) is 21.3 Å². The molecule has 0 saturated carbocycles. The standard InChI is InChI=1S/C46H30N2O/c1-2-12-34(13-3-1)47(41-18-10-20-44-46(41)39-16-7-9-19-43(39)49-44)35-26-21-31(22-27-35)32-23-28-36(29-24-32)48-40-17-8-6-15-38(40)45-37-14-5-4-11-33(37)25-30-42(45)48/h1-30H. The molecule has 0 aliphatic heterocycles. The van der Waals surface area contributed by atoms with Gasteiger partial charge in [0.1, 0.15) is 11.2 Å². The van der Waals surface area contributed by atoms with E-state index in [1.165, 1.54) is 43.7 Å². The van der Waals surface area contributed by atoms with E-state index in [2.05, 4.69) is 179 Å². The van der Waals surface area contributed by atoms with Crippen LogP contribution < -0.4 is 4.90 Å². The summed E-state index contributed by atoms with van der Waals surface area (Å²) < 4.78 is 8.66. The first-order valence-electron chi connectivity index (χ1n) is 16.7. The van der Waals surface area contributed by atoms with Crippen molar-refractivity contribution in [2.45, 2.75) is 0 Å². The van der Waals surface area contributed by atoms with E-state index >= 15 is 0 Å². The maximum atomic E-state index is 6.27. The number of hydrogen-bond donors (Lipinski definition) is 0. The van der Waals surface area contributed by atoms with Gasteiger partial charge in [0.05, 0.1) is 22.1 Å². The lowest BCUT2D eigenvalue weighted by molar-refractivity contribution is 0.669. The highest BCUT2D eigenvalue weighted by Gasteiger charge is 2.19. The lowest BCUT2D eigenvalue weighted by Gasteiger charge is -2.26. The Bertz CT molecular complexity index is 2810. The molecule has 0 aliphatic rings. The summed E-state index contributed by atoms with van der Waals surface area (Å²) >= 11 is 0. The van der Waals surface area contributed by atoms with Crippen LogP contribution in [0.15, 0.2) is 186 Å². The van der Waals surface area contributed by atoms with Crippen molar-refractivity contribution >= 4 is 71.6 Å². The summed E-state index contributed by atoms with van der Waals surface area (Å²) in [5.41, 5.74) is 11.0. The molecule has 0 N–H and O–H groups in total. The third-order valence-electron chi connectivity index (χ3n) is 9.78. The molecular weight excluding hydrogens is 597 g/mol. The normalized spacial score (nSPS) is 11.7. The molecule has 0 unspecified atom stereocenters.